The summed E-state index contributed by atoms with van der Waals surface area (Å²) in [7, 11) is 0. The Kier molecular flexibility index (Phi) is 9.00. The molecule has 3 aromatic carbocycles. The fourth-order valence-electron chi connectivity index (χ4n) is 3.52. The minimum Gasteiger partial charge on any atom is -0.490 e. The summed E-state index contributed by atoms with van der Waals surface area (Å²) in [4.78, 5) is 38.6. The minimum absolute atomic E-state index is 0.118. The van der Waals surface area contributed by atoms with Gasteiger partial charge in [-0.3, -0.25) is 19.3 Å². The van der Waals surface area contributed by atoms with E-state index >= 15 is 0 Å². The van der Waals surface area contributed by atoms with Crippen molar-refractivity contribution >= 4 is 63.2 Å². The summed E-state index contributed by atoms with van der Waals surface area (Å²) in [6.07, 6.45) is 1.54. The molecule has 0 aromatic heterocycles. The van der Waals surface area contributed by atoms with Gasteiger partial charge in [-0.25, -0.2) is 8.78 Å². The van der Waals surface area contributed by atoms with Crippen LogP contribution in [0.3, 0.4) is 0 Å². The number of halogens is 3. The van der Waals surface area contributed by atoms with E-state index in [2.05, 4.69) is 27.9 Å². The summed E-state index contributed by atoms with van der Waals surface area (Å²) >= 11 is 2.80. The van der Waals surface area contributed by atoms with E-state index in [1.165, 1.54) is 6.08 Å². The molecule has 3 amide bonds. The molecule has 1 heterocycles. The number of ether oxygens (including phenoxy) is 2. The van der Waals surface area contributed by atoms with Gasteiger partial charge in [0.2, 0.25) is 5.91 Å². The largest absolute Gasteiger partial charge is 0.490 e. The molecule has 1 N–H and O–H groups in total. The Hall–Kier alpha value is -3.45. The zero-order valence-electron chi connectivity index (χ0n) is 20.0. The van der Waals surface area contributed by atoms with E-state index in [-0.39, 0.29) is 10.6 Å². The van der Waals surface area contributed by atoms with Gasteiger partial charge in [-0.2, -0.15) is 0 Å². The van der Waals surface area contributed by atoms with Crippen LogP contribution in [0.1, 0.15) is 18.1 Å². The first kappa shape index (κ1) is 27.6. The molecule has 3 aromatic rings. The van der Waals surface area contributed by atoms with E-state index in [1.807, 2.05) is 37.3 Å². The van der Waals surface area contributed by atoms with Gasteiger partial charge in [0.05, 0.1) is 20.8 Å². The van der Waals surface area contributed by atoms with E-state index in [0.29, 0.717) is 48.1 Å². The minimum atomic E-state index is -0.969. The molecule has 196 valence electrons. The molecule has 1 fully saturated rings. The Morgan fingerprint density at radius 3 is 2.55 bits per heavy atom. The first-order valence-electron chi connectivity index (χ1n) is 11.4. The molecule has 0 spiro atoms. The van der Waals surface area contributed by atoms with E-state index in [9.17, 15) is 23.2 Å². The van der Waals surface area contributed by atoms with Crippen LogP contribution in [0.2, 0.25) is 0 Å². The number of hydrogen-bond acceptors (Lipinski definition) is 6. The normalized spacial score (nSPS) is 14.2. The van der Waals surface area contributed by atoms with Gasteiger partial charge >= 0.3 is 0 Å². The van der Waals surface area contributed by atoms with E-state index in [1.54, 1.807) is 12.1 Å². The summed E-state index contributed by atoms with van der Waals surface area (Å²) in [6.45, 7) is 1.96. The fourth-order valence-corrected chi connectivity index (χ4v) is 5.14. The number of thioether (sulfide) groups is 1. The highest BCUT2D eigenvalue weighted by molar-refractivity contribution is 14.1. The molecule has 0 unspecified atom stereocenters. The predicted molar refractivity (Wildman–Crippen MR) is 149 cm³/mol. The highest BCUT2D eigenvalue weighted by Crippen LogP contribution is 2.38. The topological polar surface area (TPSA) is 84.9 Å². The Morgan fingerprint density at radius 1 is 1.08 bits per heavy atom. The summed E-state index contributed by atoms with van der Waals surface area (Å²) in [6, 6.07) is 15.8. The summed E-state index contributed by atoms with van der Waals surface area (Å²) < 4.78 is 39.4. The number of carbonyl (C=O) groups excluding carboxylic acids is 3. The van der Waals surface area contributed by atoms with Crippen molar-refractivity contribution in [2.45, 2.75) is 13.5 Å². The third-order valence-electron chi connectivity index (χ3n) is 5.24. The number of imide groups is 1. The van der Waals surface area contributed by atoms with E-state index < -0.39 is 35.2 Å². The van der Waals surface area contributed by atoms with Crippen LogP contribution >= 0.6 is 34.4 Å². The van der Waals surface area contributed by atoms with Gasteiger partial charge in [0.15, 0.2) is 11.5 Å². The van der Waals surface area contributed by atoms with Gasteiger partial charge in [-0.15, -0.1) is 0 Å². The van der Waals surface area contributed by atoms with Crippen molar-refractivity contribution in [3.8, 4) is 11.5 Å². The molecule has 0 radical (unpaired) electrons. The predicted octanol–water partition coefficient (Wildman–Crippen LogP) is 6.22. The number of nitrogens with zero attached hydrogens (tertiary/aromatic N) is 1. The number of carbonyl (C=O) groups is 3. The fraction of sp³-hybridized carbons (Fsp3) is 0.148. The highest BCUT2D eigenvalue weighted by atomic mass is 127. The molecule has 0 bridgehead atoms. The van der Waals surface area contributed by atoms with Crippen molar-refractivity contribution in [1.82, 2.24) is 4.90 Å². The molecule has 1 aliphatic rings. The lowest BCUT2D eigenvalue weighted by molar-refractivity contribution is -0.127. The number of anilines is 1. The van der Waals surface area contributed by atoms with Crippen LogP contribution in [0, 0.1) is 15.2 Å². The van der Waals surface area contributed by atoms with Crippen LogP contribution in [0.15, 0.2) is 65.6 Å². The first-order valence-corrected chi connectivity index (χ1v) is 13.3. The molecular formula is C27H21F2IN2O5S. The maximum atomic E-state index is 13.8. The third kappa shape index (κ3) is 6.70. The van der Waals surface area contributed by atoms with Crippen molar-refractivity contribution in [3.05, 3.63) is 91.9 Å². The molecule has 0 saturated carbocycles. The maximum absolute atomic E-state index is 13.8. The van der Waals surface area contributed by atoms with Crippen molar-refractivity contribution < 1.29 is 32.6 Å². The van der Waals surface area contributed by atoms with Gasteiger partial charge in [0, 0.05) is 6.07 Å². The van der Waals surface area contributed by atoms with Crippen LogP contribution in [-0.4, -0.2) is 35.1 Å². The van der Waals surface area contributed by atoms with Crippen molar-refractivity contribution in [2.75, 3.05) is 18.5 Å². The van der Waals surface area contributed by atoms with Gasteiger partial charge in [0.25, 0.3) is 11.1 Å². The van der Waals surface area contributed by atoms with Gasteiger partial charge in [0.1, 0.15) is 24.8 Å². The molecule has 1 saturated heterocycles. The number of rotatable bonds is 9. The lowest BCUT2D eigenvalue weighted by atomic mass is 10.1. The Labute approximate surface area is 235 Å². The smallest absolute Gasteiger partial charge is 0.294 e. The molecule has 4 rings (SSSR count). The van der Waals surface area contributed by atoms with E-state index in [4.69, 9.17) is 9.47 Å². The Morgan fingerprint density at radius 2 is 1.84 bits per heavy atom. The molecule has 38 heavy (non-hydrogen) atoms. The summed E-state index contributed by atoms with van der Waals surface area (Å²) in [5, 5.41) is 1.60. The van der Waals surface area contributed by atoms with E-state index in [0.717, 1.165) is 26.2 Å². The second-order valence-electron chi connectivity index (χ2n) is 7.98. The number of nitrogens with one attached hydrogen (secondary N) is 1. The Bertz CT molecular complexity index is 1420. The number of benzene rings is 3. The Balaban J connectivity index is 1.49. The SMILES string of the molecule is CCOc1cc(/C=C2/SC(=O)N(CC(=O)Nc3ccc(F)cc3F)C2=O)cc(I)c1OCc1ccccc1. The second kappa shape index (κ2) is 12.4. The zero-order chi connectivity index (χ0) is 27.2. The molecule has 11 heteroatoms. The molecule has 1 aliphatic heterocycles. The lowest BCUT2D eigenvalue weighted by Gasteiger charge is -2.15. The monoisotopic (exact) mass is 650 g/mol. The molecule has 0 atom stereocenters. The van der Waals surface area contributed by atoms with Crippen LogP contribution in [-0.2, 0) is 16.2 Å². The van der Waals surface area contributed by atoms with Gasteiger partial charge < -0.3 is 14.8 Å². The zero-order valence-corrected chi connectivity index (χ0v) is 23.0. The van der Waals surface area contributed by atoms with Crippen LogP contribution in [0.25, 0.3) is 6.08 Å². The second-order valence-corrected chi connectivity index (χ2v) is 10.1. The molecule has 7 nitrogen and oxygen atoms in total. The highest BCUT2D eigenvalue weighted by Gasteiger charge is 2.36. The van der Waals surface area contributed by atoms with Crippen molar-refractivity contribution in [3.63, 3.8) is 0 Å². The van der Waals surface area contributed by atoms with Gasteiger partial charge in [-0.05, 0) is 82.7 Å². The number of hydrogen-bond donors (Lipinski definition) is 1. The standard InChI is InChI=1S/C27H21F2IN2O5S/c1-2-36-22-11-17(10-20(30)25(22)37-15-16-6-4-3-5-7-16)12-23-26(34)32(27(35)38-23)14-24(33)31-21-9-8-18(28)13-19(21)29/h3-13H,2,14-15H2,1H3,(H,31,33)/b23-12+. The average Bonchev–Trinajstić information content (AvgIpc) is 3.13. The van der Waals surface area contributed by atoms with Crippen LogP contribution in [0.4, 0.5) is 19.3 Å². The van der Waals surface area contributed by atoms with Gasteiger partial charge in [-0.1, -0.05) is 30.3 Å². The van der Waals surface area contributed by atoms with Crippen LogP contribution < -0.4 is 14.8 Å². The molecule has 0 aliphatic carbocycles. The average molecular weight is 650 g/mol. The number of amides is 3. The van der Waals surface area contributed by atoms with Crippen molar-refractivity contribution in [1.29, 1.82) is 0 Å². The summed E-state index contributed by atoms with van der Waals surface area (Å²) in [5.41, 5.74) is 1.34. The summed E-state index contributed by atoms with van der Waals surface area (Å²) in [5.74, 6) is -2.18. The van der Waals surface area contributed by atoms with Crippen molar-refractivity contribution in [2.24, 2.45) is 0 Å². The maximum Gasteiger partial charge on any atom is 0.294 e. The lowest BCUT2D eigenvalue weighted by Crippen LogP contribution is -2.36. The van der Waals surface area contributed by atoms with Crippen LogP contribution in [0.5, 0.6) is 11.5 Å². The molecular weight excluding hydrogens is 629 g/mol. The third-order valence-corrected chi connectivity index (χ3v) is 6.94. The first-order chi connectivity index (χ1) is 18.2. The quantitative estimate of drug-likeness (QED) is 0.219.